The first kappa shape index (κ1) is 31.1. The molecule has 7 heteroatoms. The van der Waals surface area contributed by atoms with Crippen molar-refractivity contribution in [1.29, 1.82) is 0 Å². The molecule has 0 spiro atoms. The van der Waals surface area contributed by atoms with Gasteiger partial charge in [0.15, 0.2) is 5.82 Å². The molecule has 218 valence electrons. The maximum Gasteiger partial charge on any atom is 0.438 e. The molecule has 0 aliphatic carbocycles. The van der Waals surface area contributed by atoms with E-state index >= 15 is 0 Å². The lowest BCUT2D eigenvalue weighted by atomic mass is 10.0. The zero-order valence-electron chi connectivity index (χ0n) is 24.4. The lowest BCUT2D eigenvalue weighted by Gasteiger charge is -2.34. The molecule has 39 heavy (non-hydrogen) atoms. The minimum Gasteiger partial charge on any atom is -0.336 e. The molecule has 1 aromatic heterocycles. The van der Waals surface area contributed by atoms with Gasteiger partial charge in [-0.25, -0.2) is 4.79 Å². The number of unbranched alkanes of at least 4 members (excludes halogenated alkanes) is 15. The van der Waals surface area contributed by atoms with Gasteiger partial charge in [-0.15, -0.1) is 0 Å². The molecule has 1 fully saturated rings. The van der Waals surface area contributed by atoms with Crippen LogP contribution >= 0.6 is 0 Å². The third kappa shape index (κ3) is 12.5. The third-order valence-electron chi connectivity index (χ3n) is 8.04. The summed E-state index contributed by atoms with van der Waals surface area (Å²) in [5.74, 6) is 0.0312. The molecule has 1 aliphatic rings. The van der Waals surface area contributed by atoms with Gasteiger partial charge in [0.05, 0.1) is 0 Å². The average Bonchev–Trinajstić information content (AvgIpc) is 3.37. The van der Waals surface area contributed by atoms with Crippen LogP contribution in [-0.4, -0.2) is 58.6 Å². The lowest BCUT2D eigenvalue weighted by molar-refractivity contribution is 0.0635. The van der Waals surface area contributed by atoms with E-state index in [9.17, 15) is 9.59 Å². The Bertz CT molecular complexity index is 960. The van der Waals surface area contributed by atoms with Crippen LogP contribution in [0.4, 0.5) is 0 Å². The average molecular weight is 541 g/mol. The second kappa shape index (κ2) is 18.8. The molecule has 0 atom stereocenters. The first-order chi connectivity index (χ1) is 19.2. The summed E-state index contributed by atoms with van der Waals surface area (Å²) in [7, 11) is 0. The van der Waals surface area contributed by atoms with Gasteiger partial charge in [0.1, 0.15) is 0 Å². The zero-order chi connectivity index (χ0) is 27.5. The summed E-state index contributed by atoms with van der Waals surface area (Å²) in [4.78, 5) is 31.0. The van der Waals surface area contributed by atoms with Crippen molar-refractivity contribution in [3.05, 3.63) is 51.8 Å². The maximum absolute atomic E-state index is 12.9. The van der Waals surface area contributed by atoms with E-state index < -0.39 is 5.76 Å². The zero-order valence-corrected chi connectivity index (χ0v) is 24.4. The van der Waals surface area contributed by atoms with E-state index in [4.69, 9.17) is 0 Å². The lowest BCUT2D eigenvalue weighted by Crippen LogP contribution is -2.48. The number of aromatic nitrogens is 2. The summed E-state index contributed by atoms with van der Waals surface area (Å²) in [5.41, 5.74) is 1.68. The summed E-state index contributed by atoms with van der Waals surface area (Å²) in [6, 6.07) is 7.54. The molecule has 3 rings (SSSR count). The van der Waals surface area contributed by atoms with Crippen molar-refractivity contribution in [2.45, 2.75) is 116 Å². The molecule has 1 aromatic carbocycles. The Morgan fingerprint density at radius 2 is 1.28 bits per heavy atom. The fourth-order valence-electron chi connectivity index (χ4n) is 5.54. The summed E-state index contributed by atoms with van der Waals surface area (Å²) >= 11 is 0. The van der Waals surface area contributed by atoms with E-state index in [1.165, 1.54) is 103 Å². The SMILES string of the molecule is CCCCCCCCCCCCCCCCCCN1CCN(C(=O)c2ccc(Cc3noc(=O)[nH]3)cc2)CC1. The second-order valence-corrected chi connectivity index (χ2v) is 11.4. The van der Waals surface area contributed by atoms with Gasteiger partial charge in [-0.3, -0.25) is 19.2 Å². The van der Waals surface area contributed by atoms with Gasteiger partial charge >= 0.3 is 5.76 Å². The van der Waals surface area contributed by atoms with Crippen LogP contribution in [-0.2, 0) is 6.42 Å². The summed E-state index contributed by atoms with van der Waals surface area (Å²) in [6.45, 7) is 6.94. The van der Waals surface area contributed by atoms with Gasteiger partial charge in [-0.05, 0) is 30.7 Å². The molecule has 1 aliphatic heterocycles. The first-order valence-electron chi connectivity index (χ1n) is 15.8. The van der Waals surface area contributed by atoms with Crippen molar-refractivity contribution in [2.24, 2.45) is 0 Å². The largest absolute Gasteiger partial charge is 0.438 e. The number of H-pyrrole nitrogens is 1. The number of carbonyl (C=O) groups is 1. The first-order valence-corrected chi connectivity index (χ1v) is 15.8. The van der Waals surface area contributed by atoms with Crippen molar-refractivity contribution < 1.29 is 9.32 Å². The Kier molecular flexibility index (Phi) is 15.0. The predicted octanol–water partition coefficient (Wildman–Crippen LogP) is 6.97. The molecule has 1 saturated heterocycles. The molecule has 2 aromatic rings. The molecule has 7 nitrogen and oxygen atoms in total. The number of hydrogen-bond acceptors (Lipinski definition) is 5. The molecule has 0 bridgehead atoms. The summed E-state index contributed by atoms with van der Waals surface area (Å²) < 4.78 is 4.54. The quantitative estimate of drug-likeness (QED) is 0.183. The van der Waals surface area contributed by atoms with Crippen LogP contribution in [0.1, 0.15) is 131 Å². The fourth-order valence-corrected chi connectivity index (χ4v) is 5.54. The highest BCUT2D eigenvalue weighted by Crippen LogP contribution is 2.15. The number of carbonyl (C=O) groups excluding carboxylic acids is 1. The van der Waals surface area contributed by atoms with Gasteiger partial charge in [-0.1, -0.05) is 121 Å². The van der Waals surface area contributed by atoms with Gasteiger partial charge in [0.2, 0.25) is 0 Å². The van der Waals surface area contributed by atoms with Crippen LogP contribution in [0.15, 0.2) is 33.6 Å². The Balaban J connectivity index is 1.15. The number of rotatable bonds is 20. The molecule has 0 saturated carbocycles. The third-order valence-corrected chi connectivity index (χ3v) is 8.04. The van der Waals surface area contributed by atoms with Crippen LogP contribution in [0.3, 0.4) is 0 Å². The highest BCUT2D eigenvalue weighted by molar-refractivity contribution is 5.94. The normalized spacial score (nSPS) is 14.2. The molecule has 0 radical (unpaired) electrons. The van der Waals surface area contributed by atoms with Crippen LogP contribution < -0.4 is 5.76 Å². The van der Waals surface area contributed by atoms with Crippen LogP contribution in [0, 0.1) is 0 Å². The van der Waals surface area contributed by atoms with Crippen molar-refractivity contribution in [3.8, 4) is 0 Å². The summed E-state index contributed by atoms with van der Waals surface area (Å²) in [5, 5.41) is 3.69. The van der Waals surface area contributed by atoms with Crippen molar-refractivity contribution in [1.82, 2.24) is 19.9 Å². The van der Waals surface area contributed by atoms with Gasteiger partial charge in [-0.2, -0.15) is 0 Å². The minimum absolute atomic E-state index is 0.0958. The highest BCUT2D eigenvalue weighted by Gasteiger charge is 2.21. The fraction of sp³-hybridized carbons (Fsp3) is 0.719. The number of benzene rings is 1. The Morgan fingerprint density at radius 1 is 0.769 bits per heavy atom. The highest BCUT2D eigenvalue weighted by atomic mass is 16.5. The van der Waals surface area contributed by atoms with E-state index in [0.29, 0.717) is 17.8 Å². The van der Waals surface area contributed by atoms with Crippen molar-refractivity contribution >= 4 is 5.91 Å². The van der Waals surface area contributed by atoms with Gasteiger partial charge in [0, 0.05) is 38.2 Å². The standard InChI is InChI=1S/C32H52N4O3/c1-2-3-4-5-6-7-8-9-10-11-12-13-14-15-16-17-22-35-23-25-36(26-24-35)31(37)29-20-18-28(19-21-29)27-30-33-32(38)39-34-30/h18-21H,2-17,22-27H2,1H3,(H,33,34,38). The Labute approximate surface area is 235 Å². The Hall–Kier alpha value is -2.41. The summed E-state index contributed by atoms with van der Waals surface area (Å²) in [6.07, 6.45) is 22.9. The van der Waals surface area contributed by atoms with Crippen LogP contribution in [0.25, 0.3) is 0 Å². The van der Waals surface area contributed by atoms with Crippen molar-refractivity contribution in [3.63, 3.8) is 0 Å². The monoisotopic (exact) mass is 540 g/mol. The topological polar surface area (TPSA) is 82.4 Å². The molecule has 2 heterocycles. The van der Waals surface area contributed by atoms with Gasteiger partial charge < -0.3 is 4.90 Å². The van der Waals surface area contributed by atoms with Crippen molar-refractivity contribution in [2.75, 3.05) is 32.7 Å². The smallest absolute Gasteiger partial charge is 0.336 e. The van der Waals surface area contributed by atoms with E-state index in [0.717, 1.165) is 38.3 Å². The van der Waals surface area contributed by atoms with E-state index in [1.807, 2.05) is 29.2 Å². The Morgan fingerprint density at radius 3 is 1.77 bits per heavy atom. The number of aromatic amines is 1. The number of amides is 1. The van der Waals surface area contributed by atoms with E-state index in [2.05, 4.69) is 26.5 Å². The second-order valence-electron chi connectivity index (χ2n) is 11.4. The minimum atomic E-state index is -0.550. The maximum atomic E-state index is 12.9. The predicted molar refractivity (Wildman–Crippen MR) is 158 cm³/mol. The van der Waals surface area contributed by atoms with E-state index in [-0.39, 0.29) is 5.91 Å². The molecule has 1 N–H and O–H groups in total. The number of hydrogen-bond donors (Lipinski definition) is 1. The van der Waals surface area contributed by atoms with Gasteiger partial charge in [0.25, 0.3) is 5.91 Å². The molecule has 1 amide bonds. The molecular weight excluding hydrogens is 488 g/mol. The van der Waals surface area contributed by atoms with E-state index in [1.54, 1.807) is 0 Å². The van der Waals surface area contributed by atoms with Crippen LogP contribution in [0.2, 0.25) is 0 Å². The molecule has 0 unspecified atom stereocenters. The number of nitrogens with zero attached hydrogens (tertiary/aromatic N) is 3. The number of nitrogens with one attached hydrogen (secondary N) is 1. The molecular formula is C32H52N4O3. The van der Waals surface area contributed by atoms with Crippen LogP contribution in [0.5, 0.6) is 0 Å². The number of piperazine rings is 1.